The quantitative estimate of drug-likeness (QED) is 0.638. The largest absolute Gasteiger partial charge is 0.478 e. The van der Waals surface area contributed by atoms with E-state index in [1.54, 1.807) is 0 Å². The van der Waals surface area contributed by atoms with E-state index in [1.807, 2.05) is 0 Å². The van der Waals surface area contributed by atoms with Gasteiger partial charge in [0.2, 0.25) is 0 Å². The molecule has 0 bridgehead atoms. The maximum Gasteiger partial charge on any atom is 0.339 e. The maximum atomic E-state index is 13.0. The molecular formula is C7H2Br2F2O2. The summed E-state index contributed by atoms with van der Waals surface area (Å²) < 4.78 is 25.4. The van der Waals surface area contributed by atoms with Crippen molar-refractivity contribution in [2.24, 2.45) is 0 Å². The van der Waals surface area contributed by atoms with Gasteiger partial charge in [-0.3, -0.25) is 0 Å². The van der Waals surface area contributed by atoms with Crippen molar-refractivity contribution in [2.75, 3.05) is 0 Å². The van der Waals surface area contributed by atoms with Crippen LogP contribution >= 0.6 is 31.9 Å². The Bertz CT molecular complexity index is 379. The lowest BCUT2D eigenvalue weighted by molar-refractivity contribution is 0.0690. The second-order valence-electron chi connectivity index (χ2n) is 2.15. The van der Waals surface area contributed by atoms with Crippen LogP contribution in [0, 0.1) is 11.6 Å². The van der Waals surface area contributed by atoms with Gasteiger partial charge in [-0.15, -0.1) is 0 Å². The van der Waals surface area contributed by atoms with E-state index in [9.17, 15) is 13.6 Å². The monoisotopic (exact) mass is 314 g/mol. The summed E-state index contributed by atoms with van der Waals surface area (Å²) in [5, 5.41) is 8.51. The summed E-state index contributed by atoms with van der Waals surface area (Å²) in [4.78, 5) is 10.5. The van der Waals surface area contributed by atoms with E-state index in [1.165, 1.54) is 0 Å². The molecule has 0 saturated heterocycles. The van der Waals surface area contributed by atoms with Crippen LogP contribution in [0.3, 0.4) is 0 Å². The summed E-state index contributed by atoms with van der Waals surface area (Å²) in [6, 6.07) is 0.767. The molecule has 0 aliphatic rings. The van der Waals surface area contributed by atoms with Gasteiger partial charge in [0.15, 0.2) is 5.82 Å². The molecule has 1 aromatic carbocycles. The van der Waals surface area contributed by atoms with E-state index in [0.717, 1.165) is 6.07 Å². The van der Waals surface area contributed by atoms with Crippen molar-refractivity contribution in [2.45, 2.75) is 0 Å². The summed E-state index contributed by atoms with van der Waals surface area (Å²) in [5.74, 6) is -3.35. The first-order valence-electron chi connectivity index (χ1n) is 3.01. The van der Waals surface area contributed by atoms with E-state index in [-0.39, 0.29) is 4.47 Å². The SMILES string of the molecule is O=C(O)c1c(F)cc(Br)c(F)c1Br. The van der Waals surface area contributed by atoms with Gasteiger partial charge in [-0.25, -0.2) is 13.6 Å². The van der Waals surface area contributed by atoms with Crippen molar-refractivity contribution in [1.29, 1.82) is 0 Å². The molecule has 70 valence electrons. The molecule has 0 aromatic heterocycles. The van der Waals surface area contributed by atoms with Crippen molar-refractivity contribution in [3.63, 3.8) is 0 Å². The van der Waals surface area contributed by atoms with Crippen LogP contribution in [-0.4, -0.2) is 11.1 Å². The predicted octanol–water partition coefficient (Wildman–Crippen LogP) is 3.19. The molecule has 0 fully saturated rings. The second-order valence-corrected chi connectivity index (χ2v) is 3.80. The Morgan fingerprint density at radius 3 is 2.38 bits per heavy atom. The number of halogens is 4. The first-order chi connectivity index (χ1) is 5.95. The number of carboxylic acid groups (broad SMARTS) is 1. The Balaban J connectivity index is 3.53. The molecule has 1 aromatic rings. The van der Waals surface area contributed by atoms with E-state index in [0.29, 0.717) is 0 Å². The minimum Gasteiger partial charge on any atom is -0.478 e. The molecule has 0 saturated carbocycles. The van der Waals surface area contributed by atoms with Gasteiger partial charge in [0.05, 0.1) is 8.95 Å². The van der Waals surface area contributed by atoms with Crippen LogP contribution in [0.4, 0.5) is 8.78 Å². The standard InChI is InChI=1S/C7H2Br2F2O2/c8-2-1-3(10)4(7(12)13)5(9)6(2)11/h1H,(H,12,13). The Morgan fingerprint density at radius 1 is 1.38 bits per heavy atom. The average molecular weight is 316 g/mol. The number of hydrogen-bond acceptors (Lipinski definition) is 1. The highest BCUT2D eigenvalue weighted by Gasteiger charge is 2.20. The fourth-order valence-corrected chi connectivity index (χ4v) is 2.00. The fourth-order valence-electron chi connectivity index (χ4n) is 0.762. The summed E-state index contributed by atoms with van der Waals surface area (Å²) in [5.41, 5.74) is -0.708. The number of aromatic carboxylic acids is 1. The minimum atomic E-state index is -1.52. The van der Waals surface area contributed by atoms with Gasteiger partial charge in [0.25, 0.3) is 0 Å². The highest BCUT2D eigenvalue weighted by atomic mass is 79.9. The molecule has 0 aliphatic heterocycles. The van der Waals surface area contributed by atoms with Gasteiger partial charge in [-0.1, -0.05) is 0 Å². The molecule has 1 N–H and O–H groups in total. The van der Waals surface area contributed by atoms with Gasteiger partial charge in [-0.2, -0.15) is 0 Å². The van der Waals surface area contributed by atoms with Gasteiger partial charge < -0.3 is 5.11 Å². The van der Waals surface area contributed by atoms with Crippen molar-refractivity contribution in [1.82, 2.24) is 0 Å². The summed E-state index contributed by atoms with van der Waals surface area (Å²) in [6.07, 6.45) is 0. The molecule has 2 nitrogen and oxygen atoms in total. The highest BCUT2D eigenvalue weighted by Crippen LogP contribution is 2.29. The number of carbonyl (C=O) groups is 1. The smallest absolute Gasteiger partial charge is 0.339 e. The van der Waals surface area contributed by atoms with Crippen LogP contribution in [0.5, 0.6) is 0 Å². The number of hydrogen-bond donors (Lipinski definition) is 1. The molecule has 6 heteroatoms. The average Bonchev–Trinajstić information content (AvgIpc) is 1.99. The molecule has 0 atom stereocenters. The highest BCUT2D eigenvalue weighted by molar-refractivity contribution is 9.11. The van der Waals surface area contributed by atoms with Crippen molar-refractivity contribution in [3.05, 3.63) is 32.2 Å². The van der Waals surface area contributed by atoms with Crippen LogP contribution in [0.25, 0.3) is 0 Å². The molecule has 0 amide bonds. The van der Waals surface area contributed by atoms with Crippen molar-refractivity contribution in [3.8, 4) is 0 Å². The zero-order chi connectivity index (χ0) is 10.2. The second kappa shape index (κ2) is 3.71. The zero-order valence-electron chi connectivity index (χ0n) is 5.94. The van der Waals surface area contributed by atoms with Gasteiger partial charge in [0, 0.05) is 0 Å². The van der Waals surface area contributed by atoms with Crippen LogP contribution in [-0.2, 0) is 0 Å². The molecular weight excluding hydrogens is 314 g/mol. The van der Waals surface area contributed by atoms with Crippen molar-refractivity contribution >= 4 is 37.8 Å². The lowest BCUT2D eigenvalue weighted by Gasteiger charge is -2.03. The van der Waals surface area contributed by atoms with Gasteiger partial charge in [0.1, 0.15) is 11.4 Å². The van der Waals surface area contributed by atoms with E-state index in [2.05, 4.69) is 31.9 Å². The van der Waals surface area contributed by atoms with E-state index in [4.69, 9.17) is 5.11 Å². The summed E-state index contributed by atoms with van der Waals surface area (Å²) >= 11 is 5.40. The number of carboxylic acids is 1. The third-order valence-electron chi connectivity index (χ3n) is 1.33. The summed E-state index contributed by atoms with van der Waals surface area (Å²) in [7, 11) is 0. The Morgan fingerprint density at radius 2 is 1.92 bits per heavy atom. The lowest BCUT2D eigenvalue weighted by Crippen LogP contribution is -2.04. The normalized spacial score (nSPS) is 10.2. The van der Waals surface area contributed by atoms with E-state index >= 15 is 0 Å². The van der Waals surface area contributed by atoms with Crippen LogP contribution in [0.2, 0.25) is 0 Å². The fraction of sp³-hybridized carbons (Fsp3) is 0. The van der Waals surface area contributed by atoms with Crippen LogP contribution < -0.4 is 0 Å². The van der Waals surface area contributed by atoms with Crippen molar-refractivity contribution < 1.29 is 18.7 Å². The number of benzene rings is 1. The molecule has 0 radical (unpaired) electrons. The molecule has 0 heterocycles. The molecule has 1 rings (SSSR count). The van der Waals surface area contributed by atoms with Gasteiger partial charge >= 0.3 is 5.97 Å². The number of rotatable bonds is 1. The van der Waals surface area contributed by atoms with Crippen LogP contribution in [0.15, 0.2) is 15.0 Å². The Hall–Kier alpha value is -0.490. The topological polar surface area (TPSA) is 37.3 Å². The molecule has 0 spiro atoms. The first-order valence-corrected chi connectivity index (χ1v) is 4.60. The molecule has 13 heavy (non-hydrogen) atoms. The zero-order valence-corrected chi connectivity index (χ0v) is 9.12. The Labute approximate surface area is 88.8 Å². The third-order valence-corrected chi connectivity index (χ3v) is 2.65. The molecule has 0 unspecified atom stereocenters. The third kappa shape index (κ3) is 1.88. The van der Waals surface area contributed by atoms with Crippen LogP contribution in [0.1, 0.15) is 10.4 Å². The lowest BCUT2D eigenvalue weighted by atomic mass is 10.2. The van der Waals surface area contributed by atoms with E-state index < -0.39 is 27.6 Å². The predicted molar refractivity (Wildman–Crippen MR) is 48.7 cm³/mol. The first kappa shape index (κ1) is 10.6. The minimum absolute atomic E-state index is 0.123. The summed E-state index contributed by atoms with van der Waals surface area (Å²) in [6.45, 7) is 0. The Kier molecular flexibility index (Phi) is 3.02. The molecule has 0 aliphatic carbocycles. The maximum absolute atomic E-state index is 13.0. The van der Waals surface area contributed by atoms with Gasteiger partial charge in [-0.05, 0) is 37.9 Å².